The first kappa shape index (κ1) is 18.1. The van der Waals surface area contributed by atoms with Gasteiger partial charge in [0.05, 0.1) is 15.3 Å². The van der Waals surface area contributed by atoms with Crippen molar-refractivity contribution in [2.45, 2.75) is 18.9 Å². The molecule has 0 unspecified atom stereocenters. The fourth-order valence-corrected chi connectivity index (χ4v) is 4.26. The molecule has 140 valence electrons. The standard InChI is InChI=1S/C19H15ClF2N2O2S/c20-12-3-1-4-13(21)16(12)18(25)24-9-7-11(8-10-24)26-19-23-17-14(22)5-2-6-15(17)27-19/h1-6,11H,7-10H2. The van der Waals surface area contributed by atoms with Crippen LogP contribution in [0, 0.1) is 11.6 Å². The summed E-state index contributed by atoms with van der Waals surface area (Å²) in [6.45, 7) is 0.848. The van der Waals surface area contributed by atoms with Crippen LogP contribution in [-0.2, 0) is 0 Å². The maximum Gasteiger partial charge on any atom is 0.274 e. The van der Waals surface area contributed by atoms with Gasteiger partial charge >= 0.3 is 0 Å². The van der Waals surface area contributed by atoms with E-state index in [0.29, 0.717) is 36.6 Å². The van der Waals surface area contributed by atoms with E-state index in [1.807, 2.05) is 0 Å². The number of halogens is 3. The van der Waals surface area contributed by atoms with Crippen molar-refractivity contribution < 1.29 is 18.3 Å². The number of carbonyl (C=O) groups is 1. The first-order valence-electron chi connectivity index (χ1n) is 8.48. The van der Waals surface area contributed by atoms with Gasteiger partial charge in [-0.15, -0.1) is 0 Å². The summed E-state index contributed by atoms with van der Waals surface area (Å²) in [5, 5.41) is 0.520. The van der Waals surface area contributed by atoms with Gasteiger partial charge in [-0.2, -0.15) is 4.98 Å². The first-order valence-corrected chi connectivity index (χ1v) is 9.67. The van der Waals surface area contributed by atoms with Gasteiger partial charge in [0.15, 0.2) is 0 Å². The smallest absolute Gasteiger partial charge is 0.274 e. The summed E-state index contributed by atoms with van der Waals surface area (Å²) in [4.78, 5) is 18.3. The van der Waals surface area contributed by atoms with Gasteiger partial charge in [-0.3, -0.25) is 4.79 Å². The number of piperidine rings is 1. The summed E-state index contributed by atoms with van der Waals surface area (Å²) in [6.07, 6.45) is 1.03. The Morgan fingerprint density at radius 1 is 1.15 bits per heavy atom. The Morgan fingerprint density at radius 3 is 2.56 bits per heavy atom. The number of para-hydroxylation sites is 1. The molecule has 0 aliphatic carbocycles. The molecule has 1 fully saturated rings. The van der Waals surface area contributed by atoms with E-state index in [0.717, 1.165) is 4.70 Å². The Bertz CT molecular complexity index is 982. The van der Waals surface area contributed by atoms with Crippen LogP contribution in [-0.4, -0.2) is 35.0 Å². The summed E-state index contributed by atoms with van der Waals surface area (Å²) in [6, 6.07) is 8.99. The van der Waals surface area contributed by atoms with Crippen LogP contribution in [0.4, 0.5) is 8.78 Å². The van der Waals surface area contributed by atoms with Gasteiger partial charge in [-0.1, -0.05) is 35.1 Å². The molecule has 8 heteroatoms. The normalized spacial score (nSPS) is 15.3. The monoisotopic (exact) mass is 408 g/mol. The van der Waals surface area contributed by atoms with E-state index in [2.05, 4.69) is 4.98 Å². The predicted octanol–water partition coefficient (Wildman–Crippen LogP) is 4.91. The van der Waals surface area contributed by atoms with Crippen molar-refractivity contribution in [3.8, 4) is 5.19 Å². The van der Waals surface area contributed by atoms with Gasteiger partial charge in [0.25, 0.3) is 11.1 Å². The molecular formula is C19H15ClF2N2O2S. The van der Waals surface area contributed by atoms with Crippen LogP contribution in [0.25, 0.3) is 10.2 Å². The molecule has 4 rings (SSSR count). The minimum Gasteiger partial charge on any atom is -0.467 e. The number of likely N-dealkylation sites (tertiary alicyclic amines) is 1. The molecule has 0 spiro atoms. The van der Waals surface area contributed by atoms with E-state index in [1.54, 1.807) is 17.0 Å². The highest BCUT2D eigenvalue weighted by Crippen LogP contribution is 2.31. The lowest BCUT2D eigenvalue weighted by atomic mass is 10.1. The highest BCUT2D eigenvalue weighted by Gasteiger charge is 2.28. The van der Waals surface area contributed by atoms with Crippen LogP contribution in [0.3, 0.4) is 0 Å². The van der Waals surface area contributed by atoms with Crippen molar-refractivity contribution in [1.29, 1.82) is 0 Å². The molecule has 0 radical (unpaired) electrons. The third kappa shape index (κ3) is 3.61. The van der Waals surface area contributed by atoms with E-state index < -0.39 is 11.7 Å². The Hall–Kier alpha value is -2.25. The summed E-state index contributed by atoms with van der Waals surface area (Å²) in [7, 11) is 0. The van der Waals surface area contributed by atoms with Gasteiger partial charge < -0.3 is 9.64 Å². The molecule has 1 saturated heterocycles. The van der Waals surface area contributed by atoms with Gasteiger partial charge in [0, 0.05) is 25.9 Å². The number of hydrogen-bond donors (Lipinski definition) is 0. The van der Waals surface area contributed by atoms with E-state index in [1.165, 1.54) is 35.6 Å². The van der Waals surface area contributed by atoms with Gasteiger partial charge in [0.1, 0.15) is 23.3 Å². The molecule has 3 aromatic rings. The van der Waals surface area contributed by atoms with Gasteiger partial charge in [-0.25, -0.2) is 8.78 Å². The molecule has 0 bridgehead atoms. The minimum atomic E-state index is -0.623. The van der Waals surface area contributed by atoms with Crippen molar-refractivity contribution >= 4 is 39.1 Å². The Labute approximate surface area is 163 Å². The maximum absolute atomic E-state index is 14.0. The number of carbonyl (C=O) groups excluding carboxylic acids is 1. The van der Waals surface area contributed by atoms with Crippen molar-refractivity contribution in [1.82, 2.24) is 9.88 Å². The SMILES string of the molecule is O=C(c1c(F)cccc1Cl)N1CCC(Oc2nc3c(F)cccc3s2)CC1. The third-order valence-corrected chi connectivity index (χ3v) is 5.75. The number of nitrogens with zero attached hydrogens (tertiary/aromatic N) is 2. The zero-order valence-corrected chi connectivity index (χ0v) is 15.7. The Morgan fingerprint density at radius 2 is 1.85 bits per heavy atom. The molecule has 0 saturated carbocycles. The molecule has 0 N–H and O–H groups in total. The lowest BCUT2D eigenvalue weighted by Crippen LogP contribution is -2.42. The zero-order valence-electron chi connectivity index (χ0n) is 14.1. The fraction of sp³-hybridized carbons (Fsp3) is 0.263. The lowest BCUT2D eigenvalue weighted by molar-refractivity contribution is 0.0591. The highest BCUT2D eigenvalue weighted by atomic mass is 35.5. The number of ether oxygens (including phenoxy) is 1. The van der Waals surface area contributed by atoms with E-state index in [4.69, 9.17) is 16.3 Å². The number of thiazole rings is 1. The van der Waals surface area contributed by atoms with Crippen molar-refractivity contribution in [3.05, 3.63) is 58.6 Å². The second-order valence-corrected chi connectivity index (χ2v) is 7.67. The third-order valence-electron chi connectivity index (χ3n) is 4.52. The molecule has 1 amide bonds. The number of benzene rings is 2. The highest BCUT2D eigenvalue weighted by molar-refractivity contribution is 7.20. The molecule has 27 heavy (non-hydrogen) atoms. The van der Waals surface area contributed by atoms with Crippen molar-refractivity contribution in [2.75, 3.05) is 13.1 Å². The number of amides is 1. The second kappa shape index (κ2) is 7.40. The fourth-order valence-electron chi connectivity index (χ4n) is 3.12. The van der Waals surface area contributed by atoms with Crippen LogP contribution in [0.5, 0.6) is 5.19 Å². The topological polar surface area (TPSA) is 42.4 Å². The van der Waals surface area contributed by atoms with Crippen LogP contribution < -0.4 is 4.74 Å². The summed E-state index contributed by atoms with van der Waals surface area (Å²) < 4.78 is 34.3. The Balaban J connectivity index is 1.41. The predicted molar refractivity (Wildman–Crippen MR) is 101 cm³/mol. The van der Waals surface area contributed by atoms with E-state index in [-0.39, 0.29) is 22.5 Å². The lowest BCUT2D eigenvalue weighted by Gasteiger charge is -2.31. The largest absolute Gasteiger partial charge is 0.467 e. The molecule has 4 nitrogen and oxygen atoms in total. The van der Waals surface area contributed by atoms with Crippen molar-refractivity contribution in [3.63, 3.8) is 0 Å². The number of aromatic nitrogens is 1. The number of hydrogen-bond acceptors (Lipinski definition) is 4. The van der Waals surface area contributed by atoms with Crippen LogP contribution in [0.2, 0.25) is 5.02 Å². The molecule has 1 aromatic heterocycles. The van der Waals surface area contributed by atoms with Gasteiger partial charge in [-0.05, 0) is 24.3 Å². The number of fused-ring (bicyclic) bond motifs is 1. The summed E-state index contributed by atoms with van der Waals surface area (Å²) in [5.41, 5.74) is 0.208. The molecular weight excluding hydrogens is 394 g/mol. The first-order chi connectivity index (χ1) is 13.0. The Kier molecular flexibility index (Phi) is 4.97. The average Bonchev–Trinajstić information content (AvgIpc) is 3.06. The number of rotatable bonds is 3. The molecule has 2 aromatic carbocycles. The van der Waals surface area contributed by atoms with Crippen molar-refractivity contribution in [2.24, 2.45) is 0 Å². The van der Waals surface area contributed by atoms with Gasteiger partial charge in [0.2, 0.25) is 0 Å². The molecule has 0 atom stereocenters. The summed E-state index contributed by atoms with van der Waals surface area (Å²) in [5.74, 6) is -1.42. The minimum absolute atomic E-state index is 0.0971. The second-order valence-electron chi connectivity index (χ2n) is 6.27. The average molecular weight is 409 g/mol. The zero-order chi connectivity index (χ0) is 19.0. The molecule has 1 aliphatic heterocycles. The maximum atomic E-state index is 14.0. The van der Waals surface area contributed by atoms with E-state index >= 15 is 0 Å². The van der Waals surface area contributed by atoms with Crippen LogP contribution in [0.1, 0.15) is 23.2 Å². The quantitative estimate of drug-likeness (QED) is 0.618. The summed E-state index contributed by atoms with van der Waals surface area (Å²) >= 11 is 7.27. The molecule has 1 aliphatic rings. The van der Waals surface area contributed by atoms with Crippen LogP contribution >= 0.6 is 22.9 Å². The van der Waals surface area contributed by atoms with E-state index in [9.17, 15) is 13.6 Å². The molecule has 2 heterocycles. The van der Waals surface area contributed by atoms with Crippen LogP contribution in [0.15, 0.2) is 36.4 Å².